The molecule has 0 fully saturated rings. The molecular weight excluding hydrogens is 249 g/mol. The van der Waals surface area contributed by atoms with Crippen LogP contribution in [0.1, 0.15) is 11.5 Å². The monoisotopic (exact) mass is 257 g/mol. The van der Waals surface area contributed by atoms with Crippen LogP contribution in [0.5, 0.6) is 0 Å². The van der Waals surface area contributed by atoms with Gasteiger partial charge in [-0.15, -0.1) is 0 Å². The minimum Gasteiger partial charge on any atom is -0.377 e. The second kappa shape index (κ2) is 5.86. The van der Waals surface area contributed by atoms with Crippen LogP contribution >= 0.6 is 23.2 Å². The van der Waals surface area contributed by atoms with Crippen LogP contribution in [0, 0.1) is 11.3 Å². The zero-order valence-electron chi connectivity index (χ0n) is 8.54. The Bertz CT molecular complexity index is 440. The fraction of sp³-hybridized carbons (Fsp3) is 0.273. The van der Waals surface area contributed by atoms with Crippen LogP contribution in [0.25, 0.3) is 0 Å². The molecule has 1 aromatic carbocycles. The molecule has 0 radical (unpaired) electrons. The third-order valence-electron chi connectivity index (χ3n) is 2.01. The number of nitriles is 1. The van der Waals surface area contributed by atoms with Gasteiger partial charge in [0.2, 0.25) is 0 Å². The SMILES string of the molecule is COCC(=O)C(C#N)c1ccc(Cl)c(Cl)c1. The predicted molar refractivity (Wildman–Crippen MR) is 61.7 cm³/mol. The number of Topliss-reactive ketones (excluding diaryl/α,β-unsaturated/α-hetero) is 1. The van der Waals surface area contributed by atoms with Crippen molar-refractivity contribution < 1.29 is 9.53 Å². The van der Waals surface area contributed by atoms with Crippen molar-refractivity contribution in [3.8, 4) is 6.07 Å². The highest BCUT2D eigenvalue weighted by molar-refractivity contribution is 6.42. The van der Waals surface area contributed by atoms with Gasteiger partial charge in [-0.05, 0) is 17.7 Å². The molecule has 5 heteroatoms. The van der Waals surface area contributed by atoms with Gasteiger partial charge in [0.25, 0.3) is 0 Å². The fourth-order valence-corrected chi connectivity index (χ4v) is 1.56. The lowest BCUT2D eigenvalue weighted by atomic mass is 9.96. The quantitative estimate of drug-likeness (QED) is 0.834. The summed E-state index contributed by atoms with van der Waals surface area (Å²) in [4.78, 5) is 11.5. The summed E-state index contributed by atoms with van der Waals surface area (Å²) in [7, 11) is 1.40. The maximum absolute atomic E-state index is 11.5. The molecule has 1 unspecified atom stereocenters. The lowest BCUT2D eigenvalue weighted by Gasteiger charge is -2.08. The maximum atomic E-state index is 11.5. The number of methoxy groups -OCH3 is 1. The van der Waals surface area contributed by atoms with Gasteiger partial charge in [0.15, 0.2) is 5.78 Å². The maximum Gasteiger partial charge on any atom is 0.179 e. The number of hydrogen-bond acceptors (Lipinski definition) is 3. The summed E-state index contributed by atoms with van der Waals surface area (Å²) in [6.07, 6.45) is 0. The third kappa shape index (κ3) is 2.96. The smallest absolute Gasteiger partial charge is 0.179 e. The Kier molecular flexibility index (Phi) is 4.75. The zero-order chi connectivity index (χ0) is 12.1. The Hall–Kier alpha value is -1.08. The van der Waals surface area contributed by atoms with Crippen LogP contribution in [-0.4, -0.2) is 19.5 Å². The minimum absolute atomic E-state index is 0.0987. The van der Waals surface area contributed by atoms with E-state index in [4.69, 9.17) is 33.2 Å². The van der Waals surface area contributed by atoms with E-state index < -0.39 is 5.92 Å². The highest BCUT2D eigenvalue weighted by Crippen LogP contribution is 2.26. The van der Waals surface area contributed by atoms with E-state index in [2.05, 4.69) is 0 Å². The van der Waals surface area contributed by atoms with Gasteiger partial charge in [-0.3, -0.25) is 4.79 Å². The lowest BCUT2D eigenvalue weighted by Crippen LogP contribution is -2.16. The molecule has 3 nitrogen and oxygen atoms in total. The first-order valence-corrected chi connectivity index (χ1v) is 5.22. The summed E-state index contributed by atoms with van der Waals surface area (Å²) in [6.45, 7) is -0.0987. The Labute approximate surface area is 104 Å². The summed E-state index contributed by atoms with van der Waals surface area (Å²) in [5.74, 6) is -1.17. The Morgan fingerprint density at radius 3 is 2.69 bits per heavy atom. The van der Waals surface area contributed by atoms with Crippen molar-refractivity contribution >= 4 is 29.0 Å². The molecule has 0 aliphatic heterocycles. The van der Waals surface area contributed by atoms with Gasteiger partial charge >= 0.3 is 0 Å². The Morgan fingerprint density at radius 2 is 2.19 bits per heavy atom. The van der Waals surface area contributed by atoms with Gasteiger partial charge < -0.3 is 4.74 Å². The Balaban J connectivity index is 3.01. The van der Waals surface area contributed by atoms with Crippen molar-refractivity contribution in [2.24, 2.45) is 0 Å². The van der Waals surface area contributed by atoms with E-state index in [1.54, 1.807) is 12.1 Å². The first-order valence-electron chi connectivity index (χ1n) is 4.46. The van der Waals surface area contributed by atoms with Crippen molar-refractivity contribution in [1.29, 1.82) is 5.26 Å². The number of nitrogens with zero attached hydrogens (tertiary/aromatic N) is 1. The van der Waals surface area contributed by atoms with Gasteiger partial charge in [-0.2, -0.15) is 5.26 Å². The molecule has 0 heterocycles. The van der Waals surface area contributed by atoms with Crippen LogP contribution in [-0.2, 0) is 9.53 Å². The molecule has 0 aliphatic carbocycles. The van der Waals surface area contributed by atoms with Crippen molar-refractivity contribution in [3.05, 3.63) is 33.8 Å². The molecule has 1 rings (SSSR count). The van der Waals surface area contributed by atoms with E-state index in [9.17, 15) is 4.79 Å². The number of halogens is 2. The van der Waals surface area contributed by atoms with Crippen molar-refractivity contribution in [1.82, 2.24) is 0 Å². The topological polar surface area (TPSA) is 50.1 Å². The fourth-order valence-electron chi connectivity index (χ4n) is 1.25. The standard InChI is InChI=1S/C11H9Cl2NO2/c1-16-6-11(15)8(5-14)7-2-3-9(12)10(13)4-7/h2-4,8H,6H2,1H3. The average molecular weight is 258 g/mol. The van der Waals surface area contributed by atoms with Crippen molar-refractivity contribution in [2.45, 2.75) is 5.92 Å². The zero-order valence-corrected chi connectivity index (χ0v) is 10.0. The van der Waals surface area contributed by atoms with Crippen molar-refractivity contribution in [2.75, 3.05) is 13.7 Å². The molecule has 0 N–H and O–H groups in total. The largest absolute Gasteiger partial charge is 0.377 e. The molecule has 16 heavy (non-hydrogen) atoms. The normalized spacial score (nSPS) is 11.9. The number of ketones is 1. The van der Waals surface area contributed by atoms with Gasteiger partial charge in [-0.1, -0.05) is 29.3 Å². The highest BCUT2D eigenvalue weighted by atomic mass is 35.5. The molecule has 0 saturated heterocycles. The molecule has 1 atom stereocenters. The number of benzene rings is 1. The second-order valence-electron chi connectivity index (χ2n) is 3.13. The first-order chi connectivity index (χ1) is 7.60. The van der Waals surface area contributed by atoms with Crippen LogP contribution in [0.3, 0.4) is 0 Å². The minimum atomic E-state index is -0.866. The molecule has 0 amide bonds. The van der Waals surface area contributed by atoms with Crippen LogP contribution in [0.15, 0.2) is 18.2 Å². The first kappa shape index (κ1) is 13.0. The average Bonchev–Trinajstić information content (AvgIpc) is 2.25. The lowest BCUT2D eigenvalue weighted by molar-refractivity contribution is -0.122. The number of carbonyl (C=O) groups excluding carboxylic acids is 1. The van der Waals surface area contributed by atoms with E-state index in [0.717, 1.165) is 0 Å². The van der Waals surface area contributed by atoms with E-state index >= 15 is 0 Å². The molecular formula is C11H9Cl2NO2. The summed E-state index contributed by atoms with van der Waals surface area (Å²) >= 11 is 11.6. The summed E-state index contributed by atoms with van der Waals surface area (Å²) < 4.78 is 4.70. The predicted octanol–water partition coefficient (Wildman–Crippen LogP) is 2.82. The van der Waals surface area contributed by atoms with Crippen LogP contribution in [0.2, 0.25) is 10.0 Å². The number of ether oxygens (including phenoxy) is 1. The molecule has 0 aromatic heterocycles. The molecule has 0 aliphatic rings. The third-order valence-corrected chi connectivity index (χ3v) is 2.75. The second-order valence-corrected chi connectivity index (χ2v) is 3.95. The van der Waals surface area contributed by atoms with E-state index in [1.165, 1.54) is 13.2 Å². The number of rotatable bonds is 4. The highest BCUT2D eigenvalue weighted by Gasteiger charge is 2.20. The van der Waals surface area contributed by atoms with E-state index in [1.807, 2.05) is 6.07 Å². The van der Waals surface area contributed by atoms with Gasteiger partial charge in [0, 0.05) is 7.11 Å². The van der Waals surface area contributed by atoms with Gasteiger partial charge in [0.1, 0.15) is 12.5 Å². The van der Waals surface area contributed by atoms with E-state index in [-0.39, 0.29) is 12.4 Å². The summed E-state index contributed by atoms with van der Waals surface area (Å²) in [6, 6.07) is 6.60. The van der Waals surface area contributed by atoms with Crippen LogP contribution in [0.4, 0.5) is 0 Å². The number of hydrogen-bond donors (Lipinski definition) is 0. The van der Waals surface area contributed by atoms with Gasteiger partial charge in [-0.25, -0.2) is 0 Å². The molecule has 1 aromatic rings. The summed E-state index contributed by atoms with van der Waals surface area (Å²) in [5, 5.41) is 9.65. The molecule has 84 valence electrons. The molecule has 0 saturated carbocycles. The van der Waals surface area contributed by atoms with Gasteiger partial charge in [0.05, 0.1) is 16.1 Å². The molecule has 0 spiro atoms. The van der Waals surface area contributed by atoms with Crippen molar-refractivity contribution in [3.63, 3.8) is 0 Å². The van der Waals surface area contributed by atoms with Crippen LogP contribution < -0.4 is 0 Å². The Morgan fingerprint density at radius 1 is 1.50 bits per heavy atom. The summed E-state index contributed by atoms with van der Waals surface area (Å²) in [5.41, 5.74) is 0.527. The van der Waals surface area contributed by atoms with E-state index in [0.29, 0.717) is 15.6 Å². The molecule has 0 bridgehead atoms. The number of carbonyl (C=O) groups is 1.